The van der Waals surface area contributed by atoms with E-state index >= 15 is 0 Å². The summed E-state index contributed by atoms with van der Waals surface area (Å²) in [7, 11) is 0. The zero-order valence-corrected chi connectivity index (χ0v) is 11.1. The summed E-state index contributed by atoms with van der Waals surface area (Å²) in [6, 6.07) is 2.17. The molecule has 0 aromatic carbocycles. The number of hydrogen-bond acceptors (Lipinski definition) is 3. The van der Waals surface area contributed by atoms with Gasteiger partial charge in [0.25, 0.3) is 0 Å². The zero-order chi connectivity index (χ0) is 11.5. The molecule has 3 unspecified atom stereocenters. The maximum absolute atomic E-state index is 3.57. The van der Waals surface area contributed by atoms with Crippen molar-refractivity contribution in [1.29, 1.82) is 0 Å². The van der Waals surface area contributed by atoms with Crippen molar-refractivity contribution in [2.75, 3.05) is 32.7 Å². The quantitative estimate of drug-likeness (QED) is 0.760. The number of nitrogens with one attached hydrogen (secondary N) is 1. The van der Waals surface area contributed by atoms with Crippen LogP contribution < -0.4 is 5.32 Å². The van der Waals surface area contributed by atoms with Gasteiger partial charge in [-0.1, -0.05) is 6.92 Å². The van der Waals surface area contributed by atoms with E-state index in [9.17, 15) is 0 Å². The molecule has 2 fully saturated rings. The lowest BCUT2D eigenvalue weighted by molar-refractivity contribution is 0.0457. The Balaban J connectivity index is 1.94. The molecule has 1 N–H and O–H groups in total. The molecular formula is C13H27N3. The Labute approximate surface area is 100 Å². The number of likely N-dealkylation sites (N-methyl/N-ethyl adjacent to an activating group) is 1. The SMILES string of the molecule is CCN1CCCC(N2CC(C)NCC2C)C1. The van der Waals surface area contributed by atoms with E-state index in [1.807, 2.05) is 0 Å². The molecular weight excluding hydrogens is 198 g/mol. The van der Waals surface area contributed by atoms with Crippen LogP contribution >= 0.6 is 0 Å². The smallest absolute Gasteiger partial charge is 0.0227 e. The predicted octanol–water partition coefficient (Wildman–Crippen LogP) is 1.15. The molecule has 0 aliphatic carbocycles. The Morgan fingerprint density at radius 3 is 2.81 bits per heavy atom. The third kappa shape index (κ3) is 2.76. The van der Waals surface area contributed by atoms with E-state index in [2.05, 4.69) is 35.9 Å². The van der Waals surface area contributed by atoms with Gasteiger partial charge in [-0.2, -0.15) is 0 Å². The van der Waals surface area contributed by atoms with Gasteiger partial charge in [-0.25, -0.2) is 0 Å². The van der Waals surface area contributed by atoms with Crippen LogP contribution in [0.2, 0.25) is 0 Å². The lowest BCUT2D eigenvalue weighted by Crippen LogP contribution is -2.60. The summed E-state index contributed by atoms with van der Waals surface area (Å²) in [4.78, 5) is 5.34. The third-order valence-corrected chi connectivity index (χ3v) is 4.21. The van der Waals surface area contributed by atoms with Crippen molar-refractivity contribution >= 4 is 0 Å². The van der Waals surface area contributed by atoms with Crippen molar-refractivity contribution in [2.24, 2.45) is 0 Å². The number of piperidine rings is 1. The first-order valence-corrected chi connectivity index (χ1v) is 6.92. The Morgan fingerprint density at radius 1 is 1.25 bits per heavy atom. The second kappa shape index (κ2) is 5.48. The fraction of sp³-hybridized carbons (Fsp3) is 1.00. The summed E-state index contributed by atoms with van der Waals surface area (Å²) >= 11 is 0. The molecule has 3 nitrogen and oxygen atoms in total. The Morgan fingerprint density at radius 2 is 2.06 bits per heavy atom. The molecule has 2 rings (SSSR count). The van der Waals surface area contributed by atoms with Crippen molar-refractivity contribution in [1.82, 2.24) is 15.1 Å². The molecule has 2 heterocycles. The van der Waals surface area contributed by atoms with Crippen LogP contribution in [0.4, 0.5) is 0 Å². The van der Waals surface area contributed by atoms with Gasteiger partial charge in [0.2, 0.25) is 0 Å². The van der Waals surface area contributed by atoms with E-state index in [4.69, 9.17) is 0 Å². The molecule has 0 saturated carbocycles. The number of likely N-dealkylation sites (tertiary alicyclic amines) is 1. The van der Waals surface area contributed by atoms with Gasteiger partial charge in [-0.3, -0.25) is 4.90 Å². The molecule has 0 spiro atoms. The van der Waals surface area contributed by atoms with Gasteiger partial charge < -0.3 is 10.2 Å². The van der Waals surface area contributed by atoms with Gasteiger partial charge in [-0.15, -0.1) is 0 Å². The Hall–Kier alpha value is -0.120. The minimum Gasteiger partial charge on any atom is -0.311 e. The number of nitrogens with zero attached hydrogens (tertiary/aromatic N) is 2. The van der Waals surface area contributed by atoms with Gasteiger partial charge in [0.05, 0.1) is 0 Å². The molecule has 0 radical (unpaired) electrons. The van der Waals surface area contributed by atoms with Crippen molar-refractivity contribution in [3.8, 4) is 0 Å². The highest BCUT2D eigenvalue weighted by Gasteiger charge is 2.31. The average molecular weight is 225 g/mol. The van der Waals surface area contributed by atoms with Gasteiger partial charge in [0.1, 0.15) is 0 Å². The zero-order valence-electron chi connectivity index (χ0n) is 11.1. The highest BCUT2D eigenvalue weighted by atomic mass is 15.3. The van der Waals surface area contributed by atoms with Gasteiger partial charge in [0.15, 0.2) is 0 Å². The molecule has 3 heteroatoms. The summed E-state index contributed by atoms with van der Waals surface area (Å²) in [6.07, 6.45) is 2.77. The molecule has 0 aromatic rings. The highest BCUT2D eigenvalue weighted by molar-refractivity contribution is 4.89. The van der Waals surface area contributed by atoms with Crippen LogP contribution in [-0.4, -0.2) is 60.6 Å². The van der Waals surface area contributed by atoms with Crippen molar-refractivity contribution in [2.45, 2.75) is 51.7 Å². The number of rotatable bonds is 2. The maximum Gasteiger partial charge on any atom is 0.0227 e. The van der Waals surface area contributed by atoms with Crippen molar-refractivity contribution < 1.29 is 0 Å². The van der Waals surface area contributed by atoms with E-state index in [0.717, 1.165) is 12.6 Å². The van der Waals surface area contributed by atoms with E-state index in [-0.39, 0.29) is 0 Å². The Bertz CT molecular complexity index is 219. The summed E-state index contributed by atoms with van der Waals surface area (Å²) in [6.45, 7) is 13.1. The monoisotopic (exact) mass is 225 g/mol. The first kappa shape index (κ1) is 12.3. The topological polar surface area (TPSA) is 18.5 Å². The second-order valence-corrected chi connectivity index (χ2v) is 5.54. The van der Waals surface area contributed by atoms with E-state index in [0.29, 0.717) is 12.1 Å². The summed E-state index contributed by atoms with van der Waals surface area (Å²) in [5, 5.41) is 3.57. The minimum absolute atomic E-state index is 0.660. The van der Waals surface area contributed by atoms with Gasteiger partial charge in [0, 0.05) is 37.8 Å². The molecule has 2 saturated heterocycles. The molecule has 2 aliphatic heterocycles. The lowest BCUT2D eigenvalue weighted by atomic mass is 10.00. The largest absolute Gasteiger partial charge is 0.311 e. The van der Waals surface area contributed by atoms with Gasteiger partial charge in [-0.05, 0) is 39.8 Å². The second-order valence-electron chi connectivity index (χ2n) is 5.54. The predicted molar refractivity (Wildman–Crippen MR) is 68.8 cm³/mol. The van der Waals surface area contributed by atoms with Crippen molar-refractivity contribution in [3.05, 3.63) is 0 Å². The van der Waals surface area contributed by atoms with Crippen LogP contribution in [0.1, 0.15) is 33.6 Å². The lowest BCUT2D eigenvalue weighted by Gasteiger charge is -2.46. The van der Waals surface area contributed by atoms with Crippen LogP contribution in [0.3, 0.4) is 0 Å². The normalized spacial score (nSPS) is 38.8. The summed E-state index contributed by atoms with van der Waals surface area (Å²) < 4.78 is 0. The Kier molecular flexibility index (Phi) is 4.22. The van der Waals surface area contributed by atoms with E-state index < -0.39 is 0 Å². The van der Waals surface area contributed by atoms with Crippen LogP contribution in [0.15, 0.2) is 0 Å². The molecule has 0 amide bonds. The first-order valence-electron chi connectivity index (χ1n) is 6.92. The van der Waals surface area contributed by atoms with Gasteiger partial charge >= 0.3 is 0 Å². The number of piperazine rings is 1. The van der Waals surface area contributed by atoms with E-state index in [1.165, 1.54) is 39.0 Å². The molecule has 94 valence electrons. The molecule has 0 aromatic heterocycles. The average Bonchev–Trinajstić information content (AvgIpc) is 2.32. The van der Waals surface area contributed by atoms with Crippen LogP contribution in [0.5, 0.6) is 0 Å². The van der Waals surface area contributed by atoms with Crippen molar-refractivity contribution in [3.63, 3.8) is 0 Å². The molecule has 16 heavy (non-hydrogen) atoms. The molecule has 3 atom stereocenters. The van der Waals surface area contributed by atoms with Crippen LogP contribution in [-0.2, 0) is 0 Å². The fourth-order valence-corrected chi connectivity index (χ4v) is 3.15. The third-order valence-electron chi connectivity index (χ3n) is 4.21. The van der Waals surface area contributed by atoms with Crippen LogP contribution in [0, 0.1) is 0 Å². The first-order chi connectivity index (χ1) is 7.70. The summed E-state index contributed by atoms with van der Waals surface area (Å²) in [5.41, 5.74) is 0. The highest BCUT2D eigenvalue weighted by Crippen LogP contribution is 2.20. The fourth-order valence-electron chi connectivity index (χ4n) is 3.15. The molecule has 0 bridgehead atoms. The summed E-state index contributed by atoms with van der Waals surface area (Å²) in [5.74, 6) is 0. The van der Waals surface area contributed by atoms with E-state index in [1.54, 1.807) is 0 Å². The minimum atomic E-state index is 0.660. The molecule has 2 aliphatic rings. The number of hydrogen-bond donors (Lipinski definition) is 1. The van der Waals surface area contributed by atoms with Crippen LogP contribution in [0.25, 0.3) is 0 Å². The standard InChI is InChI=1S/C13H27N3/c1-4-15-7-5-6-13(10-15)16-9-11(2)14-8-12(16)3/h11-14H,4-10H2,1-3H3. The maximum atomic E-state index is 3.57.